The summed E-state index contributed by atoms with van der Waals surface area (Å²) in [6, 6.07) is 4.01. The first-order chi connectivity index (χ1) is 9.99. The Morgan fingerprint density at radius 2 is 2.19 bits per heavy atom. The highest BCUT2D eigenvalue weighted by atomic mass is 35.5. The molecule has 1 aliphatic heterocycles. The lowest BCUT2D eigenvalue weighted by Crippen LogP contribution is -2.48. The second-order valence-corrected chi connectivity index (χ2v) is 5.96. The maximum absolute atomic E-state index is 13.7. The normalized spacial score (nSPS) is 21.0. The van der Waals surface area contributed by atoms with Gasteiger partial charge < -0.3 is 10.1 Å². The van der Waals surface area contributed by atoms with Crippen LogP contribution in [0.25, 0.3) is 0 Å². The summed E-state index contributed by atoms with van der Waals surface area (Å²) < 4.78 is 19.6. The van der Waals surface area contributed by atoms with Crippen LogP contribution in [0.3, 0.4) is 0 Å². The van der Waals surface area contributed by atoms with Gasteiger partial charge in [0.1, 0.15) is 5.82 Å². The zero-order chi connectivity index (χ0) is 15.5. The molecule has 0 radical (unpaired) electrons. The average Bonchev–Trinajstić information content (AvgIpc) is 2.49. The molecule has 0 aromatic heterocycles. The summed E-state index contributed by atoms with van der Waals surface area (Å²) in [5.74, 6) is -0.968. The molecule has 1 atom stereocenters. The predicted molar refractivity (Wildman–Crippen MR) is 81.2 cm³/mol. The van der Waals surface area contributed by atoms with E-state index >= 15 is 0 Å². The van der Waals surface area contributed by atoms with Gasteiger partial charge in [0, 0.05) is 17.7 Å². The molecule has 1 saturated heterocycles. The lowest BCUT2D eigenvalue weighted by molar-refractivity contribution is -0.0917. The predicted octanol–water partition coefficient (Wildman–Crippen LogP) is 3.95. The van der Waals surface area contributed by atoms with E-state index in [-0.39, 0.29) is 17.2 Å². The van der Waals surface area contributed by atoms with Crippen LogP contribution in [0.5, 0.6) is 0 Å². The van der Waals surface area contributed by atoms with Crippen LogP contribution in [0, 0.1) is 5.82 Å². The minimum atomic E-state index is -0.554. The number of ether oxygens (including phenoxy) is 1. The summed E-state index contributed by atoms with van der Waals surface area (Å²) in [5.41, 5.74) is -0.184. The van der Waals surface area contributed by atoms with Crippen molar-refractivity contribution in [2.75, 3.05) is 6.61 Å². The van der Waals surface area contributed by atoms with Crippen molar-refractivity contribution in [1.29, 1.82) is 0 Å². The number of rotatable bonds is 4. The van der Waals surface area contributed by atoms with Crippen molar-refractivity contribution in [1.82, 2.24) is 5.32 Å². The summed E-state index contributed by atoms with van der Waals surface area (Å²) in [6.45, 7) is 4.79. The van der Waals surface area contributed by atoms with E-state index in [9.17, 15) is 9.18 Å². The molecule has 1 heterocycles. The van der Waals surface area contributed by atoms with E-state index in [1.807, 2.05) is 0 Å². The van der Waals surface area contributed by atoms with Gasteiger partial charge in [-0.2, -0.15) is 0 Å². The van der Waals surface area contributed by atoms with Gasteiger partial charge >= 0.3 is 0 Å². The highest BCUT2D eigenvalue weighted by Crippen LogP contribution is 2.31. The van der Waals surface area contributed by atoms with Gasteiger partial charge in [0.2, 0.25) is 0 Å². The highest BCUT2D eigenvalue weighted by Gasteiger charge is 2.35. The topological polar surface area (TPSA) is 38.3 Å². The second kappa shape index (κ2) is 6.75. The molecule has 3 nitrogen and oxygen atoms in total. The fraction of sp³-hybridized carbons (Fsp3) is 0.562. The third-order valence-corrected chi connectivity index (χ3v) is 4.52. The molecule has 0 spiro atoms. The molecule has 1 aliphatic rings. The van der Waals surface area contributed by atoms with Crippen LogP contribution in [0.1, 0.15) is 49.9 Å². The number of carbonyl (C=O) groups is 1. The maximum atomic E-state index is 13.7. The van der Waals surface area contributed by atoms with Crippen LogP contribution in [-0.4, -0.2) is 24.2 Å². The molecule has 116 valence electrons. The first kappa shape index (κ1) is 16.2. The number of hydrogen-bond donors (Lipinski definition) is 1. The van der Waals surface area contributed by atoms with E-state index in [0.29, 0.717) is 11.6 Å². The standard InChI is InChI=1S/C16H21ClFNO2/c1-3-16(4-2)10-12(7-8-21-16)19-15(20)13-9-11(17)5-6-14(13)18/h5-6,9,12H,3-4,7-8,10H2,1-2H3,(H,19,20). The Morgan fingerprint density at radius 1 is 1.48 bits per heavy atom. The van der Waals surface area contributed by atoms with E-state index < -0.39 is 11.7 Å². The van der Waals surface area contributed by atoms with Crippen LogP contribution in [0.2, 0.25) is 5.02 Å². The van der Waals surface area contributed by atoms with Crippen molar-refractivity contribution in [2.45, 2.75) is 51.2 Å². The number of nitrogens with one attached hydrogen (secondary N) is 1. The average molecular weight is 314 g/mol. The Kier molecular flexibility index (Phi) is 5.22. The van der Waals surface area contributed by atoms with Gasteiger partial charge in [-0.3, -0.25) is 4.79 Å². The van der Waals surface area contributed by atoms with E-state index in [1.54, 1.807) is 0 Å². The van der Waals surface area contributed by atoms with Crippen molar-refractivity contribution in [3.8, 4) is 0 Å². The number of carbonyl (C=O) groups excluding carboxylic acids is 1. The fourth-order valence-electron chi connectivity index (χ4n) is 2.83. The Bertz CT molecular complexity index is 517. The van der Waals surface area contributed by atoms with Crippen molar-refractivity contribution >= 4 is 17.5 Å². The fourth-order valence-corrected chi connectivity index (χ4v) is 3.00. The molecule has 1 N–H and O–H groups in total. The second-order valence-electron chi connectivity index (χ2n) is 5.53. The molecular formula is C16H21ClFNO2. The summed E-state index contributed by atoms with van der Waals surface area (Å²) in [4.78, 5) is 12.2. The number of hydrogen-bond acceptors (Lipinski definition) is 2. The molecule has 1 fully saturated rings. The highest BCUT2D eigenvalue weighted by molar-refractivity contribution is 6.31. The Balaban J connectivity index is 2.07. The quantitative estimate of drug-likeness (QED) is 0.914. The van der Waals surface area contributed by atoms with Crippen molar-refractivity contribution < 1.29 is 13.9 Å². The van der Waals surface area contributed by atoms with Crippen LogP contribution in [0.15, 0.2) is 18.2 Å². The zero-order valence-electron chi connectivity index (χ0n) is 12.4. The molecule has 0 bridgehead atoms. The Labute approximate surface area is 129 Å². The molecule has 1 amide bonds. The van der Waals surface area contributed by atoms with Gasteiger partial charge in [-0.1, -0.05) is 25.4 Å². The maximum Gasteiger partial charge on any atom is 0.254 e. The number of benzene rings is 1. The summed E-state index contributed by atoms with van der Waals surface area (Å²) in [5, 5.41) is 3.26. The third kappa shape index (κ3) is 3.74. The van der Waals surface area contributed by atoms with Crippen molar-refractivity contribution in [3.63, 3.8) is 0 Å². The number of amides is 1. The zero-order valence-corrected chi connectivity index (χ0v) is 13.2. The minimum absolute atomic E-state index is 0.00420. The number of halogens is 2. The largest absolute Gasteiger partial charge is 0.375 e. The Hall–Kier alpha value is -1.13. The summed E-state index contributed by atoms with van der Waals surface area (Å²) >= 11 is 5.83. The first-order valence-corrected chi connectivity index (χ1v) is 7.77. The molecule has 2 rings (SSSR count). The summed E-state index contributed by atoms with van der Waals surface area (Å²) in [7, 11) is 0. The molecule has 0 saturated carbocycles. The third-order valence-electron chi connectivity index (χ3n) is 4.29. The van der Waals surface area contributed by atoms with Crippen molar-refractivity contribution in [2.24, 2.45) is 0 Å². The van der Waals surface area contributed by atoms with E-state index in [4.69, 9.17) is 16.3 Å². The van der Waals surface area contributed by atoms with Crippen molar-refractivity contribution in [3.05, 3.63) is 34.6 Å². The monoisotopic (exact) mass is 313 g/mol. The van der Waals surface area contributed by atoms with Gasteiger partial charge in [-0.25, -0.2) is 4.39 Å². The van der Waals surface area contributed by atoms with Crippen LogP contribution >= 0.6 is 11.6 Å². The minimum Gasteiger partial charge on any atom is -0.375 e. The molecular weight excluding hydrogens is 293 g/mol. The van der Waals surface area contributed by atoms with Gasteiger partial charge in [0.25, 0.3) is 5.91 Å². The molecule has 5 heteroatoms. The van der Waals surface area contributed by atoms with Gasteiger partial charge in [-0.05, 0) is 43.9 Å². The van der Waals surface area contributed by atoms with E-state index in [2.05, 4.69) is 19.2 Å². The Morgan fingerprint density at radius 3 is 2.86 bits per heavy atom. The SMILES string of the molecule is CCC1(CC)CC(NC(=O)c2cc(Cl)ccc2F)CCO1. The molecule has 0 aliphatic carbocycles. The van der Waals surface area contributed by atoms with Gasteiger partial charge in [-0.15, -0.1) is 0 Å². The molecule has 1 aromatic carbocycles. The molecule has 1 unspecified atom stereocenters. The van der Waals surface area contributed by atoms with Crippen LogP contribution < -0.4 is 5.32 Å². The lowest BCUT2D eigenvalue weighted by atomic mass is 9.86. The molecule has 1 aromatic rings. The summed E-state index contributed by atoms with van der Waals surface area (Å²) in [6.07, 6.45) is 3.31. The van der Waals surface area contributed by atoms with Gasteiger partial charge in [0.05, 0.1) is 11.2 Å². The van der Waals surface area contributed by atoms with Crippen LogP contribution in [-0.2, 0) is 4.74 Å². The first-order valence-electron chi connectivity index (χ1n) is 7.39. The molecule has 21 heavy (non-hydrogen) atoms. The van der Waals surface area contributed by atoms with Crippen LogP contribution in [0.4, 0.5) is 4.39 Å². The lowest BCUT2D eigenvalue weighted by Gasteiger charge is -2.40. The van der Waals surface area contributed by atoms with E-state index in [1.165, 1.54) is 18.2 Å². The smallest absolute Gasteiger partial charge is 0.254 e. The van der Waals surface area contributed by atoms with Gasteiger partial charge in [0.15, 0.2) is 0 Å². The van der Waals surface area contributed by atoms with E-state index in [0.717, 1.165) is 25.7 Å².